The third-order valence-electron chi connectivity index (χ3n) is 2.57. The molecular formula is C13H21NO5P2. The van der Waals surface area contributed by atoms with Crippen molar-refractivity contribution in [3.8, 4) is 11.5 Å². The number of nitrogens with zero attached hydrogens (tertiary/aromatic N) is 1. The number of fused-ring (bicyclic) bond motifs is 1. The first-order valence-corrected chi connectivity index (χ1v) is 10.5. The summed E-state index contributed by atoms with van der Waals surface area (Å²) in [5.41, 5.74) is 0. The van der Waals surface area contributed by atoms with Gasteiger partial charge >= 0.3 is 15.3 Å². The molecule has 0 fully saturated rings. The average molecular weight is 333 g/mol. The van der Waals surface area contributed by atoms with Crippen molar-refractivity contribution in [2.24, 2.45) is 4.52 Å². The first-order chi connectivity index (χ1) is 10.0. The molecule has 1 aliphatic heterocycles. The van der Waals surface area contributed by atoms with Crippen LogP contribution in [0.15, 0.2) is 28.8 Å². The van der Waals surface area contributed by atoms with Gasteiger partial charge in [-0.1, -0.05) is 26.0 Å². The zero-order valence-corrected chi connectivity index (χ0v) is 14.3. The summed E-state index contributed by atoms with van der Waals surface area (Å²) in [6.45, 7) is 6.19. The molecule has 0 unspecified atom stereocenters. The van der Waals surface area contributed by atoms with Crippen LogP contribution in [0.3, 0.4) is 0 Å². The summed E-state index contributed by atoms with van der Waals surface area (Å²) in [7, 11) is -6.26. The quantitative estimate of drug-likeness (QED) is 0.651. The Labute approximate surface area is 125 Å². The van der Waals surface area contributed by atoms with E-state index in [4.69, 9.17) is 18.1 Å². The van der Waals surface area contributed by atoms with Crippen molar-refractivity contribution in [2.75, 3.05) is 19.9 Å². The zero-order chi connectivity index (χ0) is 15.3. The summed E-state index contributed by atoms with van der Waals surface area (Å²) in [5, 5.41) is 0. The van der Waals surface area contributed by atoms with Crippen LogP contribution in [0.1, 0.15) is 26.7 Å². The van der Waals surface area contributed by atoms with Gasteiger partial charge in [-0.2, -0.15) is 0 Å². The molecule has 21 heavy (non-hydrogen) atoms. The number of rotatable bonds is 7. The highest BCUT2D eigenvalue weighted by molar-refractivity contribution is 7.66. The highest BCUT2D eigenvalue weighted by atomic mass is 31.2. The summed E-state index contributed by atoms with van der Waals surface area (Å²) in [4.78, 5) is 0. The van der Waals surface area contributed by atoms with Crippen LogP contribution < -0.4 is 9.05 Å². The van der Waals surface area contributed by atoms with E-state index in [1.807, 2.05) is 26.0 Å². The Morgan fingerprint density at radius 3 is 2.00 bits per heavy atom. The van der Waals surface area contributed by atoms with Crippen LogP contribution in [-0.4, -0.2) is 19.9 Å². The van der Waals surface area contributed by atoms with E-state index in [1.54, 1.807) is 18.8 Å². The Bertz CT molecular complexity index is 549. The maximum atomic E-state index is 12.7. The van der Waals surface area contributed by atoms with Gasteiger partial charge in [-0.3, -0.25) is 9.05 Å². The molecule has 1 aromatic rings. The van der Waals surface area contributed by atoms with Gasteiger partial charge in [0.15, 0.2) is 11.5 Å². The molecule has 0 radical (unpaired) electrons. The number of hydrogen-bond donors (Lipinski definition) is 0. The minimum Gasteiger partial charge on any atom is -0.426 e. The lowest BCUT2D eigenvalue weighted by Crippen LogP contribution is -1.98. The molecule has 0 saturated heterocycles. The van der Waals surface area contributed by atoms with E-state index in [0.717, 1.165) is 12.8 Å². The highest BCUT2D eigenvalue weighted by Gasteiger charge is 2.35. The smallest absolute Gasteiger partial charge is 0.426 e. The summed E-state index contributed by atoms with van der Waals surface area (Å²) >= 11 is 0. The molecule has 0 atom stereocenters. The molecule has 0 spiro atoms. The minimum absolute atomic E-state index is 0.317. The van der Waals surface area contributed by atoms with Gasteiger partial charge in [0.05, 0.1) is 13.2 Å². The standard InChI is InChI=1S/C13H21NO5P2/c1-4-10-16-21(15,17-11-5-2)14-20(3)18-12-8-6-7-9-13(12)19-20/h6-9H,4-5,10-11H2,1-3H3. The van der Waals surface area contributed by atoms with Crippen molar-refractivity contribution in [1.29, 1.82) is 0 Å². The van der Waals surface area contributed by atoms with E-state index in [0.29, 0.717) is 24.7 Å². The molecule has 0 aliphatic carbocycles. The van der Waals surface area contributed by atoms with E-state index >= 15 is 0 Å². The molecule has 0 aromatic heterocycles. The zero-order valence-electron chi connectivity index (χ0n) is 12.5. The Hall–Kier alpha value is -0.800. The molecule has 0 amide bonds. The van der Waals surface area contributed by atoms with Crippen LogP contribution >= 0.6 is 15.3 Å². The van der Waals surface area contributed by atoms with E-state index in [-0.39, 0.29) is 0 Å². The van der Waals surface area contributed by atoms with Gasteiger partial charge in [-0.25, -0.2) is 4.57 Å². The SMILES string of the molecule is CCCOP(=O)(N=P1(C)Oc2ccccc2O1)OCCC. The molecular weight excluding hydrogens is 312 g/mol. The molecule has 1 aromatic carbocycles. The van der Waals surface area contributed by atoms with Crippen LogP contribution in [0.4, 0.5) is 0 Å². The summed E-state index contributed by atoms with van der Waals surface area (Å²) in [6.07, 6.45) is 1.46. The van der Waals surface area contributed by atoms with Crippen LogP contribution in [0, 0.1) is 0 Å². The Balaban J connectivity index is 2.24. The van der Waals surface area contributed by atoms with Crippen molar-refractivity contribution in [2.45, 2.75) is 26.7 Å². The van der Waals surface area contributed by atoms with Crippen molar-refractivity contribution in [3.63, 3.8) is 0 Å². The molecule has 1 aliphatic rings. The molecule has 2 rings (SSSR count). The predicted molar refractivity (Wildman–Crippen MR) is 83.1 cm³/mol. The van der Waals surface area contributed by atoms with E-state index < -0.39 is 15.3 Å². The fraction of sp³-hybridized carbons (Fsp3) is 0.538. The van der Waals surface area contributed by atoms with Crippen LogP contribution in [-0.2, 0) is 13.6 Å². The van der Waals surface area contributed by atoms with Gasteiger partial charge < -0.3 is 9.05 Å². The highest BCUT2D eigenvalue weighted by Crippen LogP contribution is 2.66. The molecule has 8 heteroatoms. The van der Waals surface area contributed by atoms with Crippen molar-refractivity contribution < 1.29 is 22.7 Å². The van der Waals surface area contributed by atoms with Gasteiger partial charge in [-0.15, -0.1) is 4.52 Å². The number of hydrogen-bond acceptors (Lipinski definition) is 5. The van der Waals surface area contributed by atoms with Crippen molar-refractivity contribution in [3.05, 3.63) is 24.3 Å². The molecule has 118 valence electrons. The Morgan fingerprint density at radius 1 is 1.10 bits per heavy atom. The first kappa shape index (κ1) is 16.6. The van der Waals surface area contributed by atoms with Crippen molar-refractivity contribution in [1.82, 2.24) is 0 Å². The minimum atomic E-state index is -3.57. The lowest BCUT2D eigenvalue weighted by Gasteiger charge is -2.17. The number of para-hydroxylation sites is 2. The lowest BCUT2D eigenvalue weighted by atomic mass is 10.3. The molecule has 1 heterocycles. The summed E-state index contributed by atoms with van der Waals surface area (Å²) in [6, 6.07) is 7.28. The molecule has 0 N–H and O–H groups in total. The summed E-state index contributed by atoms with van der Waals surface area (Å²) < 4.78 is 39.1. The fourth-order valence-corrected chi connectivity index (χ4v) is 5.99. The van der Waals surface area contributed by atoms with Crippen LogP contribution in [0.2, 0.25) is 0 Å². The second-order valence-corrected chi connectivity index (χ2v) is 8.80. The fourth-order valence-electron chi connectivity index (χ4n) is 1.72. The average Bonchev–Trinajstić information content (AvgIpc) is 2.78. The van der Waals surface area contributed by atoms with Gasteiger partial charge in [-0.05, 0) is 25.0 Å². The predicted octanol–water partition coefficient (Wildman–Crippen LogP) is 5.08. The van der Waals surface area contributed by atoms with E-state index in [9.17, 15) is 4.57 Å². The van der Waals surface area contributed by atoms with E-state index in [2.05, 4.69) is 4.52 Å². The van der Waals surface area contributed by atoms with E-state index in [1.165, 1.54) is 0 Å². The second kappa shape index (κ2) is 6.97. The third kappa shape index (κ3) is 4.33. The van der Waals surface area contributed by atoms with Crippen molar-refractivity contribution >= 4 is 15.3 Å². The summed E-state index contributed by atoms with van der Waals surface area (Å²) in [5.74, 6) is 1.21. The Morgan fingerprint density at radius 2 is 1.57 bits per heavy atom. The second-order valence-electron chi connectivity index (χ2n) is 4.66. The molecule has 6 nitrogen and oxygen atoms in total. The van der Waals surface area contributed by atoms with Gasteiger partial charge in [0.1, 0.15) is 0 Å². The molecule has 0 bridgehead atoms. The first-order valence-electron chi connectivity index (χ1n) is 6.99. The maximum absolute atomic E-state index is 12.7. The maximum Gasteiger partial charge on any atom is 0.458 e. The van der Waals surface area contributed by atoms with Gasteiger partial charge in [0, 0.05) is 6.66 Å². The van der Waals surface area contributed by atoms with Crippen LogP contribution in [0.5, 0.6) is 11.5 Å². The largest absolute Gasteiger partial charge is 0.458 e. The monoisotopic (exact) mass is 333 g/mol. The van der Waals surface area contributed by atoms with Gasteiger partial charge in [0.2, 0.25) is 0 Å². The normalized spacial score (nSPS) is 16.0. The van der Waals surface area contributed by atoms with Crippen LogP contribution in [0.25, 0.3) is 0 Å². The lowest BCUT2D eigenvalue weighted by molar-refractivity contribution is 0.205. The Kier molecular flexibility index (Phi) is 5.50. The van der Waals surface area contributed by atoms with Gasteiger partial charge in [0.25, 0.3) is 0 Å². The number of benzene rings is 1. The molecule has 0 saturated carbocycles. The third-order valence-corrected chi connectivity index (χ3v) is 6.84. The topological polar surface area (TPSA) is 66.4 Å².